The first-order valence-corrected chi connectivity index (χ1v) is 8.53. The summed E-state index contributed by atoms with van der Waals surface area (Å²) < 4.78 is 22.3. The van der Waals surface area contributed by atoms with Gasteiger partial charge in [0.15, 0.2) is 0 Å². The molecule has 16 heavy (non-hydrogen) atoms. The smallest absolute Gasteiger partial charge is 0.300 e. The first-order valence-electron chi connectivity index (χ1n) is 5.20. The van der Waals surface area contributed by atoms with Gasteiger partial charge in [0.25, 0.3) is 0 Å². The Morgan fingerprint density at radius 3 is 1.88 bits per heavy atom. The van der Waals surface area contributed by atoms with Gasteiger partial charge in [0.1, 0.15) is 0 Å². The van der Waals surface area contributed by atoms with Crippen LogP contribution in [0, 0.1) is 10.8 Å². The van der Waals surface area contributed by atoms with Crippen LogP contribution >= 0.6 is 31.7 Å². The predicted molar refractivity (Wildman–Crippen MR) is 75.6 cm³/mol. The Bertz CT molecular complexity index is 261. The lowest BCUT2D eigenvalue weighted by molar-refractivity contribution is 0.135. The van der Waals surface area contributed by atoms with Crippen molar-refractivity contribution in [3.05, 3.63) is 0 Å². The number of rotatable bonds is 6. The van der Waals surface area contributed by atoms with Crippen LogP contribution in [0.4, 0.5) is 0 Å². The van der Waals surface area contributed by atoms with Crippen LogP contribution in [-0.4, -0.2) is 19.0 Å². The lowest BCUT2D eigenvalue weighted by Crippen LogP contribution is -2.21. The summed E-state index contributed by atoms with van der Waals surface area (Å²) >= 11 is 8.13. The SMILES string of the molecule is CC(C)(C)COP(=O)(S)OCC(C)(C)CS. The molecule has 1 atom stereocenters. The number of hydrogen-bond acceptors (Lipinski definition) is 4. The van der Waals surface area contributed by atoms with Crippen LogP contribution in [0.2, 0.25) is 0 Å². The van der Waals surface area contributed by atoms with E-state index in [9.17, 15) is 4.57 Å². The van der Waals surface area contributed by atoms with Gasteiger partial charge in [-0.25, -0.2) is 4.57 Å². The van der Waals surface area contributed by atoms with Crippen molar-refractivity contribution in [1.82, 2.24) is 0 Å². The van der Waals surface area contributed by atoms with E-state index in [0.29, 0.717) is 19.0 Å². The van der Waals surface area contributed by atoms with Crippen LogP contribution < -0.4 is 0 Å². The van der Waals surface area contributed by atoms with Crippen molar-refractivity contribution in [2.75, 3.05) is 19.0 Å². The molecule has 0 saturated carbocycles. The van der Waals surface area contributed by atoms with Gasteiger partial charge in [-0.15, -0.1) is 0 Å². The molecule has 0 amide bonds. The monoisotopic (exact) mass is 286 g/mol. The van der Waals surface area contributed by atoms with E-state index in [1.165, 1.54) is 0 Å². The summed E-state index contributed by atoms with van der Waals surface area (Å²) in [5.41, 5.74) is -0.187. The number of hydrogen-bond donors (Lipinski definition) is 2. The van der Waals surface area contributed by atoms with E-state index in [1.54, 1.807) is 0 Å². The summed E-state index contributed by atoms with van der Waals surface area (Å²) in [6.07, 6.45) is 0. The van der Waals surface area contributed by atoms with Crippen LogP contribution in [0.5, 0.6) is 0 Å². The van der Waals surface area contributed by atoms with Crippen LogP contribution in [0.25, 0.3) is 0 Å². The summed E-state index contributed by atoms with van der Waals surface area (Å²) in [6.45, 7) is 7.40. The minimum Gasteiger partial charge on any atom is -0.300 e. The summed E-state index contributed by atoms with van der Waals surface area (Å²) in [6, 6.07) is 0. The van der Waals surface area contributed by atoms with E-state index in [0.717, 1.165) is 0 Å². The van der Waals surface area contributed by atoms with E-state index in [-0.39, 0.29) is 10.8 Å². The van der Waals surface area contributed by atoms with Gasteiger partial charge in [-0.3, -0.25) is 0 Å². The maximum absolute atomic E-state index is 11.8. The van der Waals surface area contributed by atoms with Gasteiger partial charge in [-0.1, -0.05) is 46.9 Å². The second kappa shape index (κ2) is 6.14. The Balaban J connectivity index is 4.12. The van der Waals surface area contributed by atoms with Crippen molar-refractivity contribution in [3.63, 3.8) is 0 Å². The zero-order valence-electron chi connectivity index (χ0n) is 10.7. The molecule has 0 aliphatic carbocycles. The first-order chi connectivity index (χ1) is 6.97. The summed E-state index contributed by atoms with van der Waals surface area (Å²) in [5, 5.41) is 0. The van der Waals surface area contributed by atoms with Gasteiger partial charge in [0.05, 0.1) is 13.2 Å². The molecule has 0 spiro atoms. The maximum Gasteiger partial charge on any atom is 0.386 e. The van der Waals surface area contributed by atoms with Gasteiger partial charge in [0, 0.05) is 0 Å². The highest BCUT2D eigenvalue weighted by Crippen LogP contribution is 2.54. The zero-order chi connectivity index (χ0) is 13.0. The molecule has 1 unspecified atom stereocenters. The zero-order valence-corrected chi connectivity index (χ0v) is 13.4. The molecule has 98 valence electrons. The topological polar surface area (TPSA) is 35.5 Å². The molecule has 0 aromatic heterocycles. The molecule has 0 rings (SSSR count). The van der Waals surface area contributed by atoms with E-state index < -0.39 is 6.80 Å². The van der Waals surface area contributed by atoms with Crippen LogP contribution in [0.15, 0.2) is 0 Å². The van der Waals surface area contributed by atoms with E-state index in [4.69, 9.17) is 9.05 Å². The molecule has 0 radical (unpaired) electrons. The third-order valence-corrected chi connectivity index (χ3v) is 4.17. The molecule has 0 aromatic carbocycles. The second-order valence-corrected chi connectivity index (χ2v) is 9.14. The summed E-state index contributed by atoms with van der Waals surface area (Å²) in [4.78, 5) is 0. The average Bonchev–Trinajstić information content (AvgIpc) is 2.12. The quantitative estimate of drug-likeness (QED) is 0.571. The van der Waals surface area contributed by atoms with Crippen molar-refractivity contribution in [3.8, 4) is 0 Å². The molecule has 0 aliphatic heterocycles. The van der Waals surface area contributed by atoms with Crippen molar-refractivity contribution in [2.24, 2.45) is 10.8 Å². The van der Waals surface area contributed by atoms with Crippen molar-refractivity contribution < 1.29 is 13.6 Å². The van der Waals surface area contributed by atoms with E-state index in [2.05, 4.69) is 24.9 Å². The van der Waals surface area contributed by atoms with Gasteiger partial charge in [0.2, 0.25) is 0 Å². The van der Waals surface area contributed by atoms with Gasteiger partial charge < -0.3 is 9.05 Å². The third kappa shape index (κ3) is 8.94. The molecule has 0 aliphatic rings. The number of thiol groups is 2. The van der Waals surface area contributed by atoms with Gasteiger partial charge in [-0.05, 0) is 16.6 Å². The molecule has 0 N–H and O–H groups in total. The lowest BCUT2D eigenvalue weighted by Gasteiger charge is -2.25. The standard InChI is InChI=1S/C10H23O3PS2/c1-9(2,3)6-12-14(11,16)13-7-10(4,5)8-15/h15H,6-8H2,1-5H3,(H,11,16). The molecule has 0 heterocycles. The normalized spacial score (nSPS) is 17.2. The van der Waals surface area contributed by atoms with E-state index >= 15 is 0 Å². The highest BCUT2D eigenvalue weighted by atomic mass is 32.7. The Morgan fingerprint density at radius 1 is 1.06 bits per heavy atom. The fourth-order valence-electron chi connectivity index (χ4n) is 0.614. The molecule has 0 fully saturated rings. The maximum atomic E-state index is 11.8. The second-order valence-electron chi connectivity index (χ2n) is 5.90. The molecular formula is C10H23O3PS2. The lowest BCUT2D eigenvalue weighted by atomic mass is 9.98. The Morgan fingerprint density at radius 2 is 1.50 bits per heavy atom. The van der Waals surface area contributed by atoms with Crippen LogP contribution in [-0.2, 0) is 13.6 Å². The molecule has 0 aromatic rings. The van der Waals surface area contributed by atoms with Gasteiger partial charge in [-0.2, -0.15) is 12.6 Å². The van der Waals surface area contributed by atoms with Crippen molar-refractivity contribution in [2.45, 2.75) is 34.6 Å². The molecule has 3 nitrogen and oxygen atoms in total. The average molecular weight is 286 g/mol. The fourth-order valence-corrected chi connectivity index (χ4v) is 2.19. The molecule has 0 bridgehead atoms. The minimum atomic E-state index is -3.24. The van der Waals surface area contributed by atoms with Crippen LogP contribution in [0.3, 0.4) is 0 Å². The Hall–Kier alpha value is 0.850. The first kappa shape index (κ1) is 16.9. The molecule has 0 saturated heterocycles. The highest BCUT2D eigenvalue weighted by molar-refractivity contribution is 8.44. The summed E-state index contributed by atoms with van der Waals surface area (Å²) in [7, 11) is 0. The molecular weight excluding hydrogens is 263 g/mol. The van der Waals surface area contributed by atoms with Gasteiger partial charge >= 0.3 is 6.80 Å². The van der Waals surface area contributed by atoms with E-state index in [1.807, 2.05) is 34.6 Å². The Labute approximate surface area is 110 Å². The highest BCUT2D eigenvalue weighted by Gasteiger charge is 2.26. The Kier molecular flexibility index (Phi) is 6.47. The largest absolute Gasteiger partial charge is 0.386 e. The predicted octanol–water partition coefficient (Wildman–Crippen LogP) is 4.06. The van der Waals surface area contributed by atoms with Crippen LogP contribution in [0.1, 0.15) is 34.6 Å². The minimum absolute atomic E-state index is 0.0547. The van der Waals surface area contributed by atoms with Crippen molar-refractivity contribution >= 4 is 31.7 Å². The van der Waals surface area contributed by atoms with Crippen molar-refractivity contribution in [1.29, 1.82) is 0 Å². The third-order valence-electron chi connectivity index (χ3n) is 1.71. The summed E-state index contributed by atoms with van der Waals surface area (Å²) in [5.74, 6) is 0.653. The molecule has 6 heteroatoms. The fraction of sp³-hybridized carbons (Fsp3) is 1.00.